The molecule has 0 fully saturated rings. The van der Waals surface area contributed by atoms with E-state index in [1.807, 2.05) is 30.0 Å². The van der Waals surface area contributed by atoms with Gasteiger partial charge >= 0.3 is 0 Å². The first-order valence-corrected chi connectivity index (χ1v) is 18.5. The van der Waals surface area contributed by atoms with Crippen molar-refractivity contribution in [3.05, 3.63) is 155 Å². The van der Waals surface area contributed by atoms with Crippen molar-refractivity contribution in [1.82, 2.24) is 0 Å². The number of benzene rings is 6. The number of aryl methyl sites for hydroxylation is 2. The molecule has 2 heterocycles. The molecule has 1 aliphatic rings. The van der Waals surface area contributed by atoms with Crippen molar-refractivity contribution in [1.29, 1.82) is 0 Å². The van der Waals surface area contributed by atoms with Gasteiger partial charge in [0.25, 0.3) is 5.01 Å². The van der Waals surface area contributed by atoms with Gasteiger partial charge in [0.05, 0.1) is 21.0 Å². The van der Waals surface area contributed by atoms with Crippen LogP contribution in [0.3, 0.4) is 0 Å². The number of nitrogens with zero attached hydrogens (tertiary/aromatic N) is 2. The van der Waals surface area contributed by atoms with E-state index in [2.05, 4.69) is 139 Å². The largest absolute Gasteiger partial charge is 0.744 e. The molecule has 6 aromatic carbocycles. The van der Waals surface area contributed by atoms with Gasteiger partial charge in [0.15, 0.2) is 0 Å². The lowest BCUT2D eigenvalue weighted by Crippen LogP contribution is -2.29. The molecule has 1 aromatic heterocycles. The van der Waals surface area contributed by atoms with Gasteiger partial charge in [-0.1, -0.05) is 126 Å². The number of aromatic nitrogens is 1. The number of thiazole rings is 1. The van der Waals surface area contributed by atoms with E-state index in [1.54, 1.807) is 12.1 Å². The molecule has 1 aliphatic heterocycles. The summed E-state index contributed by atoms with van der Waals surface area (Å²) in [7, 11) is 0.102. The van der Waals surface area contributed by atoms with Crippen LogP contribution in [0.25, 0.3) is 43.4 Å². The van der Waals surface area contributed by atoms with Crippen molar-refractivity contribution in [3.8, 4) is 0 Å². The minimum Gasteiger partial charge on any atom is -0.744 e. The fourth-order valence-electron chi connectivity index (χ4n) is 5.97. The van der Waals surface area contributed by atoms with Crippen molar-refractivity contribution >= 4 is 82.3 Å². The van der Waals surface area contributed by atoms with E-state index in [-0.39, 0.29) is 4.90 Å². The Balaban J connectivity index is 0.000000284. The van der Waals surface area contributed by atoms with Gasteiger partial charge in [-0.2, -0.15) is 4.57 Å². The van der Waals surface area contributed by atoms with Crippen molar-refractivity contribution in [2.45, 2.75) is 16.7 Å². The topological polar surface area (TPSA) is 64.3 Å². The Hall–Kier alpha value is -4.73. The van der Waals surface area contributed by atoms with Crippen LogP contribution in [0.1, 0.15) is 16.1 Å². The lowest BCUT2D eigenvalue weighted by molar-refractivity contribution is -0.641. The summed E-state index contributed by atoms with van der Waals surface area (Å²) in [5.41, 5.74) is 5.93. The van der Waals surface area contributed by atoms with E-state index in [9.17, 15) is 13.0 Å². The summed E-state index contributed by atoms with van der Waals surface area (Å²) in [4.78, 5) is 3.47. The van der Waals surface area contributed by atoms with E-state index in [4.69, 9.17) is 0 Å². The normalized spacial score (nSPS) is 14.0. The van der Waals surface area contributed by atoms with Gasteiger partial charge in [-0.15, -0.1) is 0 Å². The average Bonchev–Trinajstić information content (AvgIpc) is 3.60. The number of rotatable bonds is 4. The minimum atomic E-state index is -4.27. The molecule has 0 saturated heterocycles. The zero-order valence-electron chi connectivity index (χ0n) is 26.6. The predicted octanol–water partition coefficient (Wildman–Crippen LogP) is 9.56. The summed E-state index contributed by atoms with van der Waals surface area (Å²) in [6.45, 7) is 1.82. The Morgan fingerprint density at radius 3 is 2.10 bits per heavy atom. The van der Waals surface area contributed by atoms with Gasteiger partial charge in [0.2, 0.25) is 5.52 Å². The van der Waals surface area contributed by atoms with Crippen LogP contribution in [0.5, 0.6) is 0 Å². The monoisotopic (exact) mass is 684 g/mol. The molecule has 0 saturated carbocycles. The van der Waals surface area contributed by atoms with Crippen molar-refractivity contribution in [2.75, 3.05) is 11.9 Å². The van der Waals surface area contributed by atoms with Gasteiger partial charge in [0.1, 0.15) is 21.9 Å². The first kappa shape index (κ1) is 31.8. The molecule has 0 bridgehead atoms. The van der Waals surface area contributed by atoms with Gasteiger partial charge in [-0.05, 0) is 65.2 Å². The third-order valence-corrected chi connectivity index (χ3v) is 11.6. The van der Waals surface area contributed by atoms with Crippen LogP contribution >= 0.6 is 23.1 Å². The third kappa shape index (κ3) is 6.28. The fraction of sp³-hybridized carbons (Fsp3) is 0.0750. The first-order chi connectivity index (χ1) is 23.2. The molecule has 238 valence electrons. The Labute approximate surface area is 288 Å². The molecule has 0 atom stereocenters. The Kier molecular flexibility index (Phi) is 8.66. The number of thioether (sulfide) groups is 1. The number of fused-ring (bicyclic) bond motifs is 6. The summed E-state index contributed by atoms with van der Waals surface area (Å²) < 4.78 is 34.8. The lowest BCUT2D eigenvalue weighted by atomic mass is 10.1. The molecule has 7 aromatic rings. The SMILES string of the molecule is CN1C(=CC(=Cc2sc3ccc4ccccc4c3[n+]2C)c2ccccc2)Sc2ccc3ccccc3c21.Cc1ccc(S(=O)(=O)[O-])cc1. The molecule has 0 spiro atoms. The highest BCUT2D eigenvalue weighted by Gasteiger charge is 2.25. The summed E-state index contributed by atoms with van der Waals surface area (Å²) in [6, 6.07) is 42.8. The van der Waals surface area contributed by atoms with Gasteiger partial charge in [-0.3, -0.25) is 0 Å². The Bertz CT molecular complexity index is 2480. The van der Waals surface area contributed by atoms with Crippen LogP contribution in [0.4, 0.5) is 5.69 Å². The second-order valence-electron chi connectivity index (χ2n) is 11.6. The summed E-state index contributed by atoms with van der Waals surface area (Å²) in [5, 5.41) is 7.61. The number of hydrogen-bond acceptors (Lipinski definition) is 6. The molecule has 8 rings (SSSR count). The summed E-state index contributed by atoms with van der Waals surface area (Å²) in [5.74, 6) is 0. The Morgan fingerprint density at radius 1 is 0.771 bits per heavy atom. The summed E-state index contributed by atoms with van der Waals surface area (Å²) >= 11 is 3.69. The van der Waals surface area contributed by atoms with Crippen LogP contribution in [-0.2, 0) is 17.2 Å². The molecular formula is C40H32N2O3S3. The smallest absolute Gasteiger partial charge is 0.263 e. The fourth-order valence-corrected chi connectivity index (χ4v) is 8.68. The van der Waals surface area contributed by atoms with Crippen molar-refractivity contribution in [2.24, 2.45) is 7.05 Å². The van der Waals surface area contributed by atoms with Crippen LogP contribution in [0.2, 0.25) is 0 Å². The zero-order chi connectivity index (χ0) is 33.4. The minimum absolute atomic E-state index is 0.178. The van der Waals surface area contributed by atoms with Gasteiger partial charge in [0, 0.05) is 23.4 Å². The maximum Gasteiger partial charge on any atom is 0.263 e. The molecule has 0 radical (unpaired) electrons. The number of hydrogen-bond donors (Lipinski definition) is 0. The van der Waals surface area contributed by atoms with Crippen LogP contribution in [-0.4, -0.2) is 20.0 Å². The highest BCUT2D eigenvalue weighted by molar-refractivity contribution is 8.03. The van der Waals surface area contributed by atoms with Gasteiger partial charge in [-0.25, -0.2) is 8.42 Å². The molecule has 0 aliphatic carbocycles. The number of allylic oxidation sites excluding steroid dienone is 2. The van der Waals surface area contributed by atoms with E-state index in [1.165, 1.54) is 75.7 Å². The van der Waals surface area contributed by atoms with E-state index >= 15 is 0 Å². The van der Waals surface area contributed by atoms with Crippen LogP contribution in [0, 0.1) is 6.92 Å². The highest BCUT2D eigenvalue weighted by atomic mass is 32.2. The second kappa shape index (κ2) is 13.1. The summed E-state index contributed by atoms with van der Waals surface area (Å²) in [6.07, 6.45) is 4.69. The maximum absolute atomic E-state index is 10.4. The second-order valence-corrected chi connectivity index (χ2v) is 15.1. The Morgan fingerprint density at radius 2 is 1.40 bits per heavy atom. The molecule has 0 N–H and O–H groups in total. The zero-order valence-corrected chi connectivity index (χ0v) is 29.1. The molecule has 0 amide bonds. The molecule has 8 heteroatoms. The standard InChI is InChI=1S/C33H25N2S2.C7H8O3S/c1-34-30(36-28-18-16-23-12-6-8-14-26(23)32(28)34)20-25(22-10-4-3-5-11-22)21-31-35(2)33-27-15-9-7-13-24(27)17-19-29(33)37-31;1-6-2-4-7(5-3-6)11(8,9)10/h3-21H,1-2H3;2-5H,1H3,(H,8,9,10)/q+1;/p-1. The molecule has 5 nitrogen and oxygen atoms in total. The predicted molar refractivity (Wildman–Crippen MR) is 200 cm³/mol. The van der Waals surface area contributed by atoms with E-state index in [0.29, 0.717) is 0 Å². The maximum atomic E-state index is 10.4. The highest BCUT2D eigenvalue weighted by Crippen LogP contribution is 2.49. The average molecular weight is 685 g/mol. The molecule has 48 heavy (non-hydrogen) atoms. The number of anilines is 1. The lowest BCUT2D eigenvalue weighted by Gasteiger charge is -2.16. The quantitative estimate of drug-likeness (QED) is 0.137. The van der Waals surface area contributed by atoms with Crippen LogP contribution in [0.15, 0.2) is 148 Å². The van der Waals surface area contributed by atoms with E-state index < -0.39 is 10.1 Å². The van der Waals surface area contributed by atoms with E-state index in [0.717, 1.165) is 5.56 Å². The molecule has 0 unspecified atom stereocenters. The van der Waals surface area contributed by atoms with Crippen molar-refractivity contribution in [3.63, 3.8) is 0 Å². The molecular weight excluding hydrogens is 653 g/mol. The van der Waals surface area contributed by atoms with Crippen LogP contribution < -0.4 is 9.47 Å². The third-order valence-electron chi connectivity index (χ3n) is 8.46. The van der Waals surface area contributed by atoms with Crippen molar-refractivity contribution < 1.29 is 17.5 Å². The van der Waals surface area contributed by atoms with Gasteiger partial charge < -0.3 is 9.45 Å². The first-order valence-electron chi connectivity index (χ1n) is 15.4.